The van der Waals surface area contributed by atoms with Crippen LogP contribution in [0.2, 0.25) is 0 Å². The average molecular weight is 215 g/mol. The fraction of sp³-hybridized carbons (Fsp3) is 1.00. The van der Waals surface area contributed by atoms with Crippen LogP contribution in [0.4, 0.5) is 0 Å². The summed E-state index contributed by atoms with van der Waals surface area (Å²) in [5.41, 5.74) is 0. The van der Waals surface area contributed by atoms with Crippen LogP contribution in [0.1, 0.15) is 53.4 Å². The zero-order valence-corrected chi connectivity index (χ0v) is 11.4. The highest BCUT2D eigenvalue weighted by Crippen LogP contribution is 2.27. The molecule has 2 heteroatoms. The van der Waals surface area contributed by atoms with Crippen LogP contribution < -0.4 is 0 Å². The molecular weight excluding hydrogens is 186 g/mol. The summed E-state index contributed by atoms with van der Waals surface area (Å²) in [6, 6.07) is 0.511. The van der Waals surface area contributed by atoms with E-state index in [0.717, 1.165) is 11.8 Å². The molecule has 0 rings (SSSR count). The van der Waals surface area contributed by atoms with Crippen molar-refractivity contribution in [3.63, 3.8) is 0 Å². The molecule has 0 aliphatic heterocycles. The van der Waals surface area contributed by atoms with Crippen LogP contribution >= 0.6 is 0 Å². The molecule has 0 heterocycles. The fourth-order valence-electron chi connectivity index (χ4n) is 2.44. The smallest absolute Gasteiger partial charge is 0.0575 e. The van der Waals surface area contributed by atoms with Gasteiger partial charge in [0, 0.05) is 13.1 Å². The molecule has 0 fully saturated rings. The van der Waals surface area contributed by atoms with Crippen LogP contribution in [0.25, 0.3) is 0 Å². The summed E-state index contributed by atoms with van der Waals surface area (Å²) in [7, 11) is 3.79. The van der Waals surface area contributed by atoms with Crippen LogP contribution in [-0.4, -0.2) is 25.3 Å². The van der Waals surface area contributed by atoms with Gasteiger partial charge in [0.25, 0.3) is 0 Å². The molecule has 0 amide bonds. The zero-order valence-electron chi connectivity index (χ0n) is 11.4. The molecule has 0 aliphatic carbocycles. The Morgan fingerprint density at radius 3 is 2.00 bits per heavy atom. The number of nitrogens with zero attached hydrogens (tertiary/aromatic N) is 1. The lowest BCUT2D eigenvalue weighted by Crippen LogP contribution is -2.37. The van der Waals surface area contributed by atoms with Crippen molar-refractivity contribution in [3.05, 3.63) is 0 Å². The van der Waals surface area contributed by atoms with Crippen molar-refractivity contribution in [2.75, 3.05) is 14.2 Å². The Bertz CT molecular complexity index is 149. The van der Waals surface area contributed by atoms with Gasteiger partial charge in [0.2, 0.25) is 0 Å². The Hall–Kier alpha value is -0.0800. The third-order valence-electron chi connectivity index (χ3n) is 3.58. The van der Waals surface area contributed by atoms with Gasteiger partial charge in [0.15, 0.2) is 0 Å². The molecule has 0 saturated carbocycles. The van der Waals surface area contributed by atoms with E-state index in [0.29, 0.717) is 6.04 Å². The number of hydrogen-bond acceptors (Lipinski definition) is 2. The van der Waals surface area contributed by atoms with E-state index in [2.05, 4.69) is 27.7 Å². The molecular formula is C13H29NO. The van der Waals surface area contributed by atoms with Gasteiger partial charge in [-0.2, -0.15) is 5.06 Å². The largest absolute Gasteiger partial charge is 0.302 e. The highest BCUT2D eigenvalue weighted by molar-refractivity contribution is 4.75. The topological polar surface area (TPSA) is 12.5 Å². The number of rotatable bonds is 8. The predicted octanol–water partition coefficient (Wildman–Crippen LogP) is 3.72. The summed E-state index contributed by atoms with van der Waals surface area (Å²) in [6.45, 7) is 9.19. The van der Waals surface area contributed by atoms with Crippen molar-refractivity contribution in [2.24, 2.45) is 11.8 Å². The first-order valence-corrected chi connectivity index (χ1v) is 6.35. The summed E-state index contributed by atoms with van der Waals surface area (Å²) < 4.78 is 0. The molecule has 0 aromatic heterocycles. The van der Waals surface area contributed by atoms with Crippen molar-refractivity contribution in [2.45, 2.75) is 59.4 Å². The van der Waals surface area contributed by atoms with E-state index in [9.17, 15) is 0 Å². The monoisotopic (exact) mass is 215 g/mol. The lowest BCUT2D eigenvalue weighted by atomic mass is 9.82. The van der Waals surface area contributed by atoms with Gasteiger partial charge in [0.1, 0.15) is 0 Å². The van der Waals surface area contributed by atoms with Crippen molar-refractivity contribution in [3.8, 4) is 0 Å². The molecule has 0 aliphatic rings. The second kappa shape index (κ2) is 8.12. The van der Waals surface area contributed by atoms with Gasteiger partial charge in [-0.1, -0.05) is 40.0 Å². The van der Waals surface area contributed by atoms with Crippen molar-refractivity contribution in [1.29, 1.82) is 0 Å². The summed E-state index contributed by atoms with van der Waals surface area (Å²) in [5.74, 6) is 1.54. The summed E-state index contributed by atoms with van der Waals surface area (Å²) in [5, 5.41) is 1.99. The maximum Gasteiger partial charge on any atom is 0.0575 e. The van der Waals surface area contributed by atoms with Gasteiger partial charge < -0.3 is 4.84 Å². The molecule has 0 radical (unpaired) electrons. The van der Waals surface area contributed by atoms with Gasteiger partial charge in [-0.3, -0.25) is 0 Å². The standard InChI is InChI=1S/C13H29NO/c1-7-9-11(3)13(10-8-2)12(4)14(5)15-6/h11-13H,7-10H2,1-6H3/t11-,12?,13-/m0/s1. The van der Waals surface area contributed by atoms with Gasteiger partial charge in [0.05, 0.1) is 7.11 Å². The quantitative estimate of drug-likeness (QED) is 0.572. The summed E-state index contributed by atoms with van der Waals surface area (Å²) in [4.78, 5) is 5.30. The molecule has 0 N–H and O–H groups in total. The molecule has 15 heavy (non-hydrogen) atoms. The van der Waals surface area contributed by atoms with E-state index >= 15 is 0 Å². The Labute approximate surface area is 95.9 Å². The van der Waals surface area contributed by atoms with E-state index in [1.54, 1.807) is 7.11 Å². The van der Waals surface area contributed by atoms with Crippen LogP contribution in [0, 0.1) is 11.8 Å². The van der Waals surface area contributed by atoms with Gasteiger partial charge in [-0.25, -0.2) is 0 Å². The summed E-state index contributed by atoms with van der Waals surface area (Å²) in [6.07, 6.45) is 5.17. The van der Waals surface area contributed by atoms with E-state index in [4.69, 9.17) is 4.84 Å². The first-order valence-electron chi connectivity index (χ1n) is 6.35. The lowest BCUT2D eigenvalue weighted by Gasteiger charge is -2.34. The fourth-order valence-corrected chi connectivity index (χ4v) is 2.44. The maximum absolute atomic E-state index is 5.30. The lowest BCUT2D eigenvalue weighted by molar-refractivity contribution is -0.154. The first kappa shape index (κ1) is 14.9. The molecule has 0 aromatic rings. The average Bonchev–Trinajstić information content (AvgIpc) is 2.24. The third-order valence-corrected chi connectivity index (χ3v) is 3.58. The van der Waals surface area contributed by atoms with E-state index in [1.807, 2.05) is 12.1 Å². The number of hydroxylamine groups is 2. The van der Waals surface area contributed by atoms with Crippen LogP contribution in [0.3, 0.4) is 0 Å². The molecule has 2 nitrogen and oxygen atoms in total. The molecule has 0 bridgehead atoms. The van der Waals surface area contributed by atoms with Crippen molar-refractivity contribution in [1.82, 2.24) is 5.06 Å². The normalized spacial score (nSPS) is 17.8. The minimum Gasteiger partial charge on any atom is -0.302 e. The third kappa shape index (κ3) is 4.98. The summed E-state index contributed by atoms with van der Waals surface area (Å²) >= 11 is 0. The molecule has 1 unspecified atom stereocenters. The second-order valence-corrected chi connectivity index (χ2v) is 4.69. The zero-order chi connectivity index (χ0) is 11.8. The Morgan fingerprint density at radius 2 is 1.60 bits per heavy atom. The minimum atomic E-state index is 0.511. The highest BCUT2D eigenvalue weighted by Gasteiger charge is 2.25. The Balaban J connectivity index is 4.34. The van der Waals surface area contributed by atoms with Crippen molar-refractivity contribution < 1.29 is 4.84 Å². The van der Waals surface area contributed by atoms with Crippen molar-refractivity contribution >= 4 is 0 Å². The maximum atomic E-state index is 5.30. The second-order valence-electron chi connectivity index (χ2n) is 4.69. The Morgan fingerprint density at radius 1 is 1.07 bits per heavy atom. The van der Waals surface area contributed by atoms with E-state index in [1.165, 1.54) is 25.7 Å². The van der Waals surface area contributed by atoms with Gasteiger partial charge in [-0.05, 0) is 25.2 Å². The number of hydrogen-bond donors (Lipinski definition) is 0. The molecule has 0 saturated heterocycles. The van der Waals surface area contributed by atoms with E-state index < -0.39 is 0 Å². The molecule has 92 valence electrons. The van der Waals surface area contributed by atoms with Crippen LogP contribution in [-0.2, 0) is 4.84 Å². The first-order chi connectivity index (χ1) is 7.08. The minimum absolute atomic E-state index is 0.511. The SMILES string of the molecule is CCC[C@H](C(C)N(C)OC)[C@@H](C)CCC. The van der Waals surface area contributed by atoms with Gasteiger partial charge in [-0.15, -0.1) is 0 Å². The molecule has 3 atom stereocenters. The van der Waals surface area contributed by atoms with Crippen LogP contribution in [0.5, 0.6) is 0 Å². The molecule has 0 aromatic carbocycles. The van der Waals surface area contributed by atoms with E-state index in [-0.39, 0.29) is 0 Å². The Kier molecular flexibility index (Phi) is 8.07. The van der Waals surface area contributed by atoms with Crippen LogP contribution in [0.15, 0.2) is 0 Å². The molecule has 0 spiro atoms. The van der Waals surface area contributed by atoms with Gasteiger partial charge >= 0.3 is 0 Å². The predicted molar refractivity (Wildman–Crippen MR) is 66.7 cm³/mol. The highest BCUT2D eigenvalue weighted by atomic mass is 16.7.